The summed E-state index contributed by atoms with van der Waals surface area (Å²) in [6.45, 7) is 3.27. The molecule has 120 valence electrons. The fourth-order valence-corrected chi connectivity index (χ4v) is 2.32. The van der Waals surface area contributed by atoms with Crippen LogP contribution in [0.25, 0.3) is 6.08 Å². The molecule has 4 nitrogen and oxygen atoms in total. The third-order valence-electron chi connectivity index (χ3n) is 3.46. The number of nitrogens with zero attached hydrogens (tertiary/aromatic N) is 2. The molecule has 2 aromatic rings. The lowest BCUT2D eigenvalue weighted by Crippen LogP contribution is -2.38. The molecule has 0 bridgehead atoms. The van der Waals surface area contributed by atoms with E-state index in [1.165, 1.54) is 0 Å². The number of carbonyl (C=O) groups is 1. The van der Waals surface area contributed by atoms with E-state index in [1.807, 2.05) is 43.3 Å². The van der Waals surface area contributed by atoms with Crippen molar-refractivity contribution in [2.24, 2.45) is 0 Å². The molecule has 2 rings (SSSR count). The summed E-state index contributed by atoms with van der Waals surface area (Å²) in [7, 11) is 0. The average molecular weight is 330 g/mol. The van der Waals surface area contributed by atoms with E-state index in [1.54, 1.807) is 29.6 Å². The van der Waals surface area contributed by atoms with Crippen LogP contribution in [-0.2, 0) is 6.42 Å². The standard InChI is InChI=1S/C18H20ClN3O/c1-2-22(14-10-15-7-11-20-12-8-15)18(23)21-13-9-16-5-3-4-6-17(16)19/h3-9,11-13H,2,10,14H2,1H3,(H,21,23)/b13-9+. The van der Waals surface area contributed by atoms with Crippen LogP contribution in [-0.4, -0.2) is 29.0 Å². The van der Waals surface area contributed by atoms with Crippen molar-refractivity contribution in [3.05, 3.63) is 71.1 Å². The van der Waals surface area contributed by atoms with Crippen LogP contribution in [0.1, 0.15) is 18.1 Å². The SMILES string of the molecule is CCN(CCc1ccncc1)C(=O)N/C=C/c1ccccc1Cl. The van der Waals surface area contributed by atoms with Crippen molar-refractivity contribution in [3.63, 3.8) is 0 Å². The second kappa shape index (κ2) is 8.96. The number of hydrogen-bond donors (Lipinski definition) is 1. The summed E-state index contributed by atoms with van der Waals surface area (Å²) in [5, 5.41) is 3.44. The minimum Gasteiger partial charge on any atom is -0.324 e. The van der Waals surface area contributed by atoms with E-state index in [9.17, 15) is 4.79 Å². The van der Waals surface area contributed by atoms with Crippen LogP contribution in [0.15, 0.2) is 55.0 Å². The Labute approximate surface area is 141 Å². The lowest BCUT2D eigenvalue weighted by atomic mass is 10.2. The summed E-state index contributed by atoms with van der Waals surface area (Å²) >= 11 is 6.07. The Kier molecular flexibility index (Phi) is 6.63. The van der Waals surface area contributed by atoms with Crippen molar-refractivity contribution in [2.75, 3.05) is 13.1 Å². The molecule has 0 saturated heterocycles. The predicted molar refractivity (Wildman–Crippen MR) is 94.2 cm³/mol. The third kappa shape index (κ3) is 5.42. The van der Waals surface area contributed by atoms with Gasteiger partial charge in [-0.2, -0.15) is 0 Å². The molecular weight excluding hydrogens is 310 g/mol. The first-order valence-electron chi connectivity index (χ1n) is 7.56. The van der Waals surface area contributed by atoms with Crippen molar-refractivity contribution in [1.29, 1.82) is 0 Å². The number of urea groups is 1. The first kappa shape index (κ1) is 17.0. The van der Waals surface area contributed by atoms with Crippen LogP contribution in [0.3, 0.4) is 0 Å². The zero-order valence-corrected chi connectivity index (χ0v) is 13.8. The number of nitrogens with one attached hydrogen (secondary N) is 1. The zero-order valence-electron chi connectivity index (χ0n) is 13.1. The molecule has 0 aliphatic carbocycles. The summed E-state index contributed by atoms with van der Waals surface area (Å²) in [5.41, 5.74) is 2.03. The van der Waals surface area contributed by atoms with Crippen LogP contribution in [0.5, 0.6) is 0 Å². The monoisotopic (exact) mass is 329 g/mol. The summed E-state index contributed by atoms with van der Waals surface area (Å²) in [5.74, 6) is 0. The number of carbonyl (C=O) groups excluding carboxylic acids is 1. The minimum atomic E-state index is -0.121. The van der Waals surface area contributed by atoms with Gasteiger partial charge in [-0.15, -0.1) is 0 Å². The Hall–Kier alpha value is -2.33. The Bertz CT molecular complexity index is 658. The Morgan fingerprint density at radius 1 is 1.26 bits per heavy atom. The van der Waals surface area contributed by atoms with E-state index < -0.39 is 0 Å². The molecule has 23 heavy (non-hydrogen) atoms. The van der Waals surface area contributed by atoms with Gasteiger partial charge in [0, 0.05) is 36.7 Å². The average Bonchev–Trinajstić information content (AvgIpc) is 2.58. The number of rotatable bonds is 6. The largest absolute Gasteiger partial charge is 0.324 e. The highest BCUT2D eigenvalue weighted by atomic mass is 35.5. The molecule has 0 saturated carbocycles. The van der Waals surface area contributed by atoms with Crippen molar-refractivity contribution in [3.8, 4) is 0 Å². The first-order valence-corrected chi connectivity index (χ1v) is 7.94. The molecule has 0 atom stereocenters. The molecule has 0 aliphatic rings. The molecule has 1 N–H and O–H groups in total. The lowest BCUT2D eigenvalue weighted by Gasteiger charge is -2.20. The number of pyridine rings is 1. The number of aromatic nitrogens is 1. The maximum atomic E-state index is 12.2. The minimum absolute atomic E-state index is 0.121. The summed E-state index contributed by atoms with van der Waals surface area (Å²) in [6, 6.07) is 11.3. The molecule has 0 fully saturated rings. The number of benzene rings is 1. The molecule has 2 amide bonds. The highest BCUT2D eigenvalue weighted by Gasteiger charge is 2.09. The van der Waals surface area contributed by atoms with E-state index in [-0.39, 0.29) is 6.03 Å². The second-order valence-electron chi connectivity index (χ2n) is 4.99. The molecule has 0 aliphatic heterocycles. The molecule has 1 heterocycles. The van der Waals surface area contributed by atoms with Gasteiger partial charge >= 0.3 is 6.03 Å². The van der Waals surface area contributed by atoms with Crippen molar-refractivity contribution in [1.82, 2.24) is 15.2 Å². The summed E-state index contributed by atoms with van der Waals surface area (Å²) in [6.07, 6.45) is 7.74. The summed E-state index contributed by atoms with van der Waals surface area (Å²) < 4.78 is 0. The molecule has 0 spiro atoms. The van der Waals surface area contributed by atoms with Gasteiger partial charge in [0.15, 0.2) is 0 Å². The fraction of sp³-hybridized carbons (Fsp3) is 0.222. The van der Waals surface area contributed by atoms with Crippen LogP contribution in [0.2, 0.25) is 5.02 Å². The van der Waals surface area contributed by atoms with E-state index in [0.717, 1.165) is 17.5 Å². The molecule has 1 aromatic carbocycles. The predicted octanol–water partition coefficient (Wildman–Crippen LogP) is 3.98. The molecule has 0 radical (unpaired) electrons. The van der Waals surface area contributed by atoms with Gasteiger partial charge in [-0.1, -0.05) is 29.8 Å². The second-order valence-corrected chi connectivity index (χ2v) is 5.40. The normalized spacial score (nSPS) is 10.7. The number of amides is 2. The van der Waals surface area contributed by atoms with Gasteiger partial charge in [-0.05, 0) is 48.7 Å². The van der Waals surface area contributed by atoms with Gasteiger partial charge in [0.05, 0.1) is 0 Å². The Morgan fingerprint density at radius 3 is 2.70 bits per heavy atom. The highest BCUT2D eigenvalue weighted by Crippen LogP contribution is 2.15. The fourth-order valence-electron chi connectivity index (χ4n) is 2.12. The van der Waals surface area contributed by atoms with E-state index in [2.05, 4.69) is 10.3 Å². The number of hydrogen-bond acceptors (Lipinski definition) is 2. The van der Waals surface area contributed by atoms with E-state index in [4.69, 9.17) is 11.6 Å². The molecule has 0 unspecified atom stereocenters. The molecule has 1 aromatic heterocycles. The maximum Gasteiger partial charge on any atom is 0.321 e. The van der Waals surface area contributed by atoms with Crippen LogP contribution in [0, 0.1) is 0 Å². The topological polar surface area (TPSA) is 45.2 Å². The van der Waals surface area contributed by atoms with Gasteiger partial charge < -0.3 is 10.2 Å². The van der Waals surface area contributed by atoms with Crippen molar-refractivity contribution >= 4 is 23.7 Å². The third-order valence-corrected chi connectivity index (χ3v) is 3.81. The van der Waals surface area contributed by atoms with Crippen LogP contribution < -0.4 is 5.32 Å². The zero-order chi connectivity index (χ0) is 16.5. The number of halogens is 1. The lowest BCUT2D eigenvalue weighted by molar-refractivity contribution is 0.205. The smallest absolute Gasteiger partial charge is 0.321 e. The Morgan fingerprint density at radius 2 is 2.00 bits per heavy atom. The van der Waals surface area contributed by atoms with Gasteiger partial charge in [0.25, 0.3) is 0 Å². The van der Waals surface area contributed by atoms with Crippen LogP contribution >= 0.6 is 11.6 Å². The quantitative estimate of drug-likeness (QED) is 0.871. The Balaban J connectivity index is 1.86. The van der Waals surface area contributed by atoms with Gasteiger partial charge in [0.2, 0.25) is 0 Å². The number of likely N-dealkylation sites (N-methyl/N-ethyl adjacent to an activating group) is 1. The highest BCUT2D eigenvalue weighted by molar-refractivity contribution is 6.32. The van der Waals surface area contributed by atoms with E-state index >= 15 is 0 Å². The molecular formula is C18H20ClN3O. The van der Waals surface area contributed by atoms with Crippen molar-refractivity contribution in [2.45, 2.75) is 13.3 Å². The van der Waals surface area contributed by atoms with Crippen molar-refractivity contribution < 1.29 is 4.79 Å². The van der Waals surface area contributed by atoms with Gasteiger partial charge in [-0.25, -0.2) is 4.79 Å². The first-order chi connectivity index (χ1) is 11.2. The maximum absolute atomic E-state index is 12.2. The van der Waals surface area contributed by atoms with E-state index in [0.29, 0.717) is 18.1 Å². The summed E-state index contributed by atoms with van der Waals surface area (Å²) in [4.78, 5) is 17.9. The van der Waals surface area contributed by atoms with Crippen LogP contribution in [0.4, 0.5) is 4.79 Å². The van der Waals surface area contributed by atoms with Gasteiger partial charge in [0.1, 0.15) is 0 Å². The molecule has 5 heteroatoms. The van der Waals surface area contributed by atoms with Gasteiger partial charge in [-0.3, -0.25) is 4.98 Å².